The summed E-state index contributed by atoms with van der Waals surface area (Å²) in [6.07, 6.45) is 0.530. The SMILES string of the molecule is Cc1cccc(N2CCN(C(=O)c3nnc(Cc4ccccc4)o3)CC2)c1. The first-order valence-electron chi connectivity index (χ1n) is 9.16. The van der Waals surface area contributed by atoms with E-state index >= 15 is 0 Å². The number of hydrogen-bond donors (Lipinski definition) is 0. The Morgan fingerprint density at radius 1 is 1.00 bits per heavy atom. The van der Waals surface area contributed by atoms with Crippen LogP contribution in [-0.4, -0.2) is 47.2 Å². The van der Waals surface area contributed by atoms with Crippen LogP contribution in [0.5, 0.6) is 0 Å². The maximum absolute atomic E-state index is 12.7. The summed E-state index contributed by atoms with van der Waals surface area (Å²) in [7, 11) is 0. The van der Waals surface area contributed by atoms with Gasteiger partial charge in [0, 0.05) is 31.9 Å². The maximum Gasteiger partial charge on any atom is 0.311 e. The number of anilines is 1. The Bertz CT molecular complexity index is 915. The van der Waals surface area contributed by atoms with E-state index in [4.69, 9.17) is 4.42 Å². The van der Waals surface area contributed by atoms with E-state index in [0.717, 1.165) is 18.7 Å². The molecule has 1 aromatic heterocycles. The molecule has 0 atom stereocenters. The molecule has 1 aliphatic rings. The predicted molar refractivity (Wildman–Crippen MR) is 103 cm³/mol. The summed E-state index contributed by atoms with van der Waals surface area (Å²) in [6.45, 7) is 4.96. The highest BCUT2D eigenvalue weighted by Gasteiger charge is 2.26. The van der Waals surface area contributed by atoms with Crippen molar-refractivity contribution in [3.63, 3.8) is 0 Å². The predicted octanol–water partition coefficient (Wildman–Crippen LogP) is 2.93. The number of amides is 1. The van der Waals surface area contributed by atoms with Crippen LogP contribution in [0.3, 0.4) is 0 Å². The molecule has 0 unspecified atom stereocenters. The molecule has 2 aromatic carbocycles. The molecule has 0 radical (unpaired) electrons. The van der Waals surface area contributed by atoms with E-state index in [-0.39, 0.29) is 11.8 Å². The number of hydrogen-bond acceptors (Lipinski definition) is 5. The molecule has 138 valence electrons. The Labute approximate surface area is 158 Å². The average Bonchev–Trinajstić information content (AvgIpc) is 3.17. The standard InChI is InChI=1S/C21H22N4O2/c1-16-6-5-9-18(14-16)24-10-12-25(13-11-24)21(26)20-23-22-19(27-20)15-17-7-3-2-4-8-17/h2-9,14H,10-13,15H2,1H3. The number of aryl methyl sites for hydroxylation is 1. The largest absolute Gasteiger partial charge is 0.417 e. The van der Waals surface area contributed by atoms with E-state index in [1.165, 1.54) is 11.3 Å². The second kappa shape index (κ2) is 7.61. The van der Waals surface area contributed by atoms with Gasteiger partial charge in [-0.05, 0) is 30.2 Å². The fourth-order valence-electron chi connectivity index (χ4n) is 3.31. The first kappa shape index (κ1) is 17.3. The number of carbonyl (C=O) groups excluding carboxylic acids is 1. The summed E-state index contributed by atoms with van der Waals surface area (Å²) in [5.41, 5.74) is 3.51. The Hall–Kier alpha value is -3.15. The quantitative estimate of drug-likeness (QED) is 0.714. The molecular weight excluding hydrogens is 340 g/mol. The third-order valence-electron chi connectivity index (χ3n) is 4.78. The molecule has 27 heavy (non-hydrogen) atoms. The first-order valence-corrected chi connectivity index (χ1v) is 9.16. The van der Waals surface area contributed by atoms with Crippen molar-refractivity contribution >= 4 is 11.6 Å². The molecular formula is C21H22N4O2. The molecule has 0 spiro atoms. The minimum Gasteiger partial charge on any atom is -0.417 e. The third kappa shape index (κ3) is 4.00. The van der Waals surface area contributed by atoms with Crippen LogP contribution in [0.15, 0.2) is 59.0 Å². The second-order valence-electron chi connectivity index (χ2n) is 6.78. The van der Waals surface area contributed by atoms with E-state index in [0.29, 0.717) is 25.4 Å². The van der Waals surface area contributed by atoms with Crippen LogP contribution in [-0.2, 0) is 6.42 Å². The molecule has 6 heteroatoms. The molecule has 1 aliphatic heterocycles. The molecule has 0 saturated carbocycles. The minimum absolute atomic E-state index is 0.0740. The Balaban J connectivity index is 1.37. The molecule has 2 heterocycles. The fourth-order valence-corrected chi connectivity index (χ4v) is 3.31. The highest BCUT2D eigenvalue weighted by Crippen LogP contribution is 2.19. The van der Waals surface area contributed by atoms with Crippen molar-refractivity contribution in [3.8, 4) is 0 Å². The zero-order valence-corrected chi connectivity index (χ0v) is 15.3. The van der Waals surface area contributed by atoms with E-state index < -0.39 is 0 Å². The van der Waals surface area contributed by atoms with Crippen LogP contribution in [0.1, 0.15) is 27.7 Å². The Morgan fingerprint density at radius 3 is 2.52 bits per heavy atom. The van der Waals surface area contributed by atoms with E-state index in [9.17, 15) is 4.79 Å². The highest BCUT2D eigenvalue weighted by molar-refractivity contribution is 5.89. The smallest absolute Gasteiger partial charge is 0.311 e. The Kier molecular flexibility index (Phi) is 4.87. The van der Waals surface area contributed by atoms with Gasteiger partial charge in [-0.1, -0.05) is 42.5 Å². The molecule has 3 aromatic rings. The van der Waals surface area contributed by atoms with Crippen LogP contribution in [0, 0.1) is 6.92 Å². The lowest BCUT2D eigenvalue weighted by atomic mass is 10.2. The summed E-state index contributed by atoms with van der Waals surface area (Å²) in [5, 5.41) is 7.98. The summed E-state index contributed by atoms with van der Waals surface area (Å²) in [6, 6.07) is 18.3. The van der Waals surface area contributed by atoms with Crippen molar-refractivity contribution in [1.29, 1.82) is 0 Å². The van der Waals surface area contributed by atoms with Gasteiger partial charge in [0.15, 0.2) is 0 Å². The number of piperazine rings is 1. The summed E-state index contributed by atoms with van der Waals surface area (Å²) < 4.78 is 5.60. The van der Waals surface area contributed by atoms with Gasteiger partial charge in [0.1, 0.15) is 0 Å². The zero-order valence-electron chi connectivity index (χ0n) is 15.3. The second-order valence-corrected chi connectivity index (χ2v) is 6.78. The van der Waals surface area contributed by atoms with Crippen LogP contribution in [0.4, 0.5) is 5.69 Å². The van der Waals surface area contributed by atoms with Crippen molar-refractivity contribution in [1.82, 2.24) is 15.1 Å². The Morgan fingerprint density at radius 2 is 1.78 bits per heavy atom. The summed E-state index contributed by atoms with van der Waals surface area (Å²) in [4.78, 5) is 16.8. The minimum atomic E-state index is -0.189. The lowest BCUT2D eigenvalue weighted by Crippen LogP contribution is -2.48. The van der Waals surface area contributed by atoms with Crippen LogP contribution < -0.4 is 4.90 Å². The van der Waals surface area contributed by atoms with Gasteiger partial charge in [0.05, 0.1) is 6.42 Å². The van der Waals surface area contributed by atoms with Crippen molar-refractivity contribution < 1.29 is 9.21 Å². The van der Waals surface area contributed by atoms with Gasteiger partial charge in [0.25, 0.3) is 0 Å². The lowest BCUT2D eigenvalue weighted by Gasteiger charge is -2.35. The first-order chi connectivity index (χ1) is 13.2. The molecule has 1 saturated heterocycles. The number of aromatic nitrogens is 2. The van der Waals surface area contributed by atoms with Crippen molar-refractivity contribution in [2.24, 2.45) is 0 Å². The molecule has 0 aliphatic carbocycles. The van der Waals surface area contributed by atoms with Crippen LogP contribution >= 0.6 is 0 Å². The third-order valence-corrected chi connectivity index (χ3v) is 4.78. The van der Waals surface area contributed by atoms with Gasteiger partial charge >= 0.3 is 11.8 Å². The van der Waals surface area contributed by atoms with Crippen molar-refractivity contribution in [2.75, 3.05) is 31.1 Å². The zero-order chi connectivity index (χ0) is 18.6. The van der Waals surface area contributed by atoms with Gasteiger partial charge in [-0.25, -0.2) is 0 Å². The monoisotopic (exact) mass is 362 g/mol. The van der Waals surface area contributed by atoms with Gasteiger partial charge in [0.2, 0.25) is 5.89 Å². The number of rotatable bonds is 4. The van der Waals surface area contributed by atoms with Crippen LogP contribution in [0.2, 0.25) is 0 Å². The molecule has 1 amide bonds. The van der Waals surface area contributed by atoms with E-state index in [2.05, 4.69) is 46.3 Å². The van der Waals surface area contributed by atoms with Gasteiger partial charge in [-0.15, -0.1) is 10.2 Å². The molecule has 1 fully saturated rings. The molecule has 4 rings (SSSR count). The van der Waals surface area contributed by atoms with E-state index in [1.54, 1.807) is 4.90 Å². The summed E-state index contributed by atoms with van der Waals surface area (Å²) >= 11 is 0. The highest BCUT2D eigenvalue weighted by atomic mass is 16.4. The van der Waals surface area contributed by atoms with E-state index in [1.807, 2.05) is 30.3 Å². The van der Waals surface area contributed by atoms with Gasteiger partial charge < -0.3 is 14.2 Å². The number of benzene rings is 2. The number of carbonyl (C=O) groups is 1. The number of nitrogens with zero attached hydrogens (tertiary/aromatic N) is 4. The van der Waals surface area contributed by atoms with Crippen molar-refractivity contribution in [2.45, 2.75) is 13.3 Å². The average molecular weight is 362 g/mol. The molecule has 0 N–H and O–H groups in total. The lowest BCUT2D eigenvalue weighted by molar-refractivity contribution is 0.0704. The summed E-state index contributed by atoms with van der Waals surface area (Å²) in [5.74, 6) is 0.346. The van der Waals surface area contributed by atoms with Crippen molar-refractivity contribution in [3.05, 3.63) is 77.5 Å². The van der Waals surface area contributed by atoms with Gasteiger partial charge in [-0.2, -0.15) is 0 Å². The normalized spacial score (nSPS) is 14.4. The van der Waals surface area contributed by atoms with Crippen LogP contribution in [0.25, 0.3) is 0 Å². The maximum atomic E-state index is 12.7. The molecule has 0 bridgehead atoms. The molecule has 6 nitrogen and oxygen atoms in total. The topological polar surface area (TPSA) is 62.5 Å². The fraction of sp³-hybridized carbons (Fsp3) is 0.286. The van der Waals surface area contributed by atoms with Gasteiger partial charge in [-0.3, -0.25) is 4.79 Å².